The molecule has 88 valence electrons. The van der Waals surface area contributed by atoms with E-state index < -0.39 is 6.10 Å². The predicted octanol–water partition coefficient (Wildman–Crippen LogP) is 3.72. The second-order valence-electron chi connectivity index (χ2n) is 3.75. The molecule has 1 unspecified atom stereocenters. The van der Waals surface area contributed by atoms with E-state index in [1.807, 2.05) is 30.3 Å². The average molecular weight is 404 g/mol. The van der Waals surface area contributed by atoms with Gasteiger partial charge in [-0.1, -0.05) is 18.2 Å². The second-order valence-corrected chi connectivity index (χ2v) is 5.83. The van der Waals surface area contributed by atoms with E-state index in [2.05, 4.69) is 43.5 Å². The van der Waals surface area contributed by atoms with Gasteiger partial charge in [-0.3, -0.25) is 4.98 Å². The summed E-state index contributed by atoms with van der Waals surface area (Å²) in [6, 6.07) is 9.85. The van der Waals surface area contributed by atoms with Crippen LogP contribution in [0.4, 0.5) is 0 Å². The van der Waals surface area contributed by atoms with Crippen LogP contribution < -0.4 is 0 Å². The number of rotatable bonds is 3. The third kappa shape index (κ3) is 3.50. The Morgan fingerprint density at radius 3 is 2.76 bits per heavy atom. The summed E-state index contributed by atoms with van der Waals surface area (Å²) in [5.74, 6) is 0. The Morgan fingerprint density at radius 1 is 1.29 bits per heavy atom. The summed E-state index contributed by atoms with van der Waals surface area (Å²) in [4.78, 5) is 4.09. The van der Waals surface area contributed by atoms with Crippen molar-refractivity contribution in [2.24, 2.45) is 0 Å². The zero-order chi connectivity index (χ0) is 12.3. The van der Waals surface area contributed by atoms with E-state index in [1.54, 1.807) is 12.4 Å². The summed E-state index contributed by atoms with van der Waals surface area (Å²) >= 11 is 5.62. The van der Waals surface area contributed by atoms with E-state index in [4.69, 9.17) is 0 Å². The molecule has 1 atom stereocenters. The minimum Gasteiger partial charge on any atom is -0.388 e. The normalized spacial score (nSPS) is 12.4. The largest absolute Gasteiger partial charge is 0.388 e. The van der Waals surface area contributed by atoms with Crippen molar-refractivity contribution in [3.63, 3.8) is 0 Å². The van der Waals surface area contributed by atoms with Crippen molar-refractivity contribution < 1.29 is 5.11 Å². The summed E-state index contributed by atoms with van der Waals surface area (Å²) in [5.41, 5.74) is 1.99. The highest BCUT2D eigenvalue weighted by Gasteiger charge is 2.11. The summed E-state index contributed by atoms with van der Waals surface area (Å²) < 4.78 is 2.02. The van der Waals surface area contributed by atoms with Gasteiger partial charge >= 0.3 is 0 Å². The third-order valence-electron chi connectivity index (χ3n) is 2.45. The molecule has 1 heterocycles. The van der Waals surface area contributed by atoms with E-state index in [-0.39, 0.29) is 0 Å². The zero-order valence-corrected chi connectivity index (χ0v) is 12.7. The van der Waals surface area contributed by atoms with Gasteiger partial charge in [0.2, 0.25) is 0 Å². The number of hydrogen-bond acceptors (Lipinski definition) is 2. The van der Waals surface area contributed by atoms with Crippen LogP contribution in [0, 0.1) is 3.57 Å². The fraction of sp³-hybridized carbons (Fsp3) is 0.154. The molecule has 1 N–H and O–H groups in total. The molecule has 0 aliphatic rings. The van der Waals surface area contributed by atoms with Gasteiger partial charge in [0, 0.05) is 26.9 Å². The smallest absolute Gasteiger partial charge is 0.0841 e. The zero-order valence-electron chi connectivity index (χ0n) is 8.98. The van der Waals surface area contributed by atoms with Gasteiger partial charge in [0.25, 0.3) is 0 Å². The van der Waals surface area contributed by atoms with Crippen molar-refractivity contribution in [1.29, 1.82) is 0 Å². The Balaban J connectivity index is 2.17. The molecular weight excluding hydrogens is 393 g/mol. The molecule has 17 heavy (non-hydrogen) atoms. The van der Waals surface area contributed by atoms with Gasteiger partial charge in [0.05, 0.1) is 6.10 Å². The molecule has 1 aromatic carbocycles. The van der Waals surface area contributed by atoms with E-state index in [0.717, 1.165) is 19.2 Å². The van der Waals surface area contributed by atoms with Gasteiger partial charge in [0.15, 0.2) is 0 Å². The summed E-state index contributed by atoms with van der Waals surface area (Å²) in [6.45, 7) is 0. The summed E-state index contributed by atoms with van der Waals surface area (Å²) in [6.07, 6.45) is 3.61. The first-order valence-corrected chi connectivity index (χ1v) is 7.06. The Morgan fingerprint density at radius 2 is 2.06 bits per heavy atom. The van der Waals surface area contributed by atoms with E-state index in [9.17, 15) is 5.11 Å². The fourth-order valence-corrected chi connectivity index (χ4v) is 2.81. The molecule has 2 nitrogen and oxygen atoms in total. The van der Waals surface area contributed by atoms with Crippen molar-refractivity contribution in [2.75, 3.05) is 0 Å². The quantitative estimate of drug-likeness (QED) is 0.792. The SMILES string of the molecule is OC(Cc1cncc(Br)c1)c1ccccc1I. The number of aliphatic hydroxyl groups excluding tert-OH is 1. The van der Waals surface area contributed by atoms with E-state index in [0.29, 0.717) is 6.42 Å². The number of benzene rings is 1. The van der Waals surface area contributed by atoms with Crippen LogP contribution in [-0.2, 0) is 6.42 Å². The Hall–Kier alpha value is -0.460. The molecule has 2 rings (SSSR count). The van der Waals surface area contributed by atoms with Gasteiger partial charge in [0.1, 0.15) is 0 Å². The molecule has 0 saturated carbocycles. The van der Waals surface area contributed by atoms with Crippen LogP contribution in [0.3, 0.4) is 0 Å². The van der Waals surface area contributed by atoms with E-state index >= 15 is 0 Å². The van der Waals surface area contributed by atoms with Crippen LogP contribution in [0.1, 0.15) is 17.2 Å². The first kappa shape index (κ1) is 13.0. The molecule has 0 spiro atoms. The molecule has 0 aliphatic heterocycles. The number of halogens is 2. The molecular formula is C13H11BrINO. The van der Waals surface area contributed by atoms with Crippen LogP contribution in [-0.4, -0.2) is 10.1 Å². The number of hydrogen-bond donors (Lipinski definition) is 1. The highest BCUT2D eigenvalue weighted by molar-refractivity contribution is 14.1. The van der Waals surface area contributed by atoms with Gasteiger partial charge in [-0.2, -0.15) is 0 Å². The Kier molecular flexibility index (Phi) is 4.53. The maximum absolute atomic E-state index is 10.2. The molecule has 1 aromatic heterocycles. The lowest BCUT2D eigenvalue weighted by molar-refractivity contribution is 0.177. The lowest BCUT2D eigenvalue weighted by Gasteiger charge is -2.12. The van der Waals surface area contributed by atoms with Crippen LogP contribution in [0.15, 0.2) is 47.2 Å². The highest BCUT2D eigenvalue weighted by atomic mass is 127. The Bertz CT molecular complexity index is 518. The monoisotopic (exact) mass is 403 g/mol. The van der Waals surface area contributed by atoms with Gasteiger partial charge < -0.3 is 5.11 Å². The van der Waals surface area contributed by atoms with Gasteiger partial charge in [-0.05, 0) is 61.8 Å². The number of pyridine rings is 1. The van der Waals surface area contributed by atoms with Crippen LogP contribution in [0.25, 0.3) is 0 Å². The minimum absolute atomic E-state index is 0.487. The number of aromatic nitrogens is 1. The lowest BCUT2D eigenvalue weighted by Crippen LogP contribution is -2.04. The van der Waals surface area contributed by atoms with Crippen LogP contribution >= 0.6 is 38.5 Å². The average Bonchev–Trinajstić information content (AvgIpc) is 2.29. The molecule has 0 fully saturated rings. The molecule has 2 aromatic rings. The summed E-state index contributed by atoms with van der Waals surface area (Å²) in [7, 11) is 0. The summed E-state index contributed by atoms with van der Waals surface area (Å²) in [5, 5.41) is 10.2. The van der Waals surface area contributed by atoms with Crippen molar-refractivity contribution >= 4 is 38.5 Å². The van der Waals surface area contributed by atoms with Crippen molar-refractivity contribution in [3.05, 3.63) is 61.9 Å². The minimum atomic E-state index is -0.487. The first-order valence-electron chi connectivity index (χ1n) is 5.19. The molecule has 0 amide bonds. The maximum atomic E-state index is 10.2. The molecule has 0 bridgehead atoms. The first-order chi connectivity index (χ1) is 8.16. The number of nitrogens with zero attached hydrogens (tertiary/aromatic N) is 1. The van der Waals surface area contributed by atoms with Crippen molar-refractivity contribution in [3.8, 4) is 0 Å². The predicted molar refractivity (Wildman–Crippen MR) is 79.8 cm³/mol. The fourth-order valence-electron chi connectivity index (χ4n) is 1.65. The lowest BCUT2D eigenvalue weighted by atomic mass is 10.0. The van der Waals surface area contributed by atoms with Gasteiger partial charge in [-0.15, -0.1) is 0 Å². The standard InChI is InChI=1S/C13H11BrINO/c14-10-5-9(7-16-8-10)6-13(17)11-3-1-2-4-12(11)15/h1-5,7-8,13,17H,6H2. The third-order valence-corrected chi connectivity index (χ3v) is 3.87. The number of aliphatic hydroxyl groups is 1. The molecule has 0 aliphatic carbocycles. The van der Waals surface area contributed by atoms with Crippen molar-refractivity contribution in [1.82, 2.24) is 4.98 Å². The van der Waals surface area contributed by atoms with Gasteiger partial charge in [-0.25, -0.2) is 0 Å². The van der Waals surface area contributed by atoms with Crippen molar-refractivity contribution in [2.45, 2.75) is 12.5 Å². The molecule has 0 radical (unpaired) electrons. The van der Waals surface area contributed by atoms with Crippen LogP contribution in [0.5, 0.6) is 0 Å². The molecule has 0 saturated heterocycles. The van der Waals surface area contributed by atoms with Crippen LogP contribution in [0.2, 0.25) is 0 Å². The van der Waals surface area contributed by atoms with E-state index in [1.165, 1.54) is 0 Å². The highest BCUT2D eigenvalue weighted by Crippen LogP contribution is 2.23. The Labute approximate surface area is 122 Å². The molecule has 4 heteroatoms. The second kappa shape index (κ2) is 5.93. The topological polar surface area (TPSA) is 33.1 Å². The maximum Gasteiger partial charge on any atom is 0.0841 e.